The summed E-state index contributed by atoms with van der Waals surface area (Å²) in [5, 5.41) is 5.35. The molecule has 278 valence electrons. The monoisotopic (exact) mass is 741 g/mol. The number of carbonyl (C=O) groups excluding carboxylic acids is 4. The third-order valence-corrected chi connectivity index (χ3v) is 10.4. The van der Waals surface area contributed by atoms with Crippen molar-refractivity contribution >= 4 is 50.3 Å². The van der Waals surface area contributed by atoms with Crippen molar-refractivity contribution in [2.75, 3.05) is 18.8 Å². The Labute approximate surface area is 308 Å². The molecule has 14 heteroatoms. The standard InChI is InChI=1S/C39H43N5O8S/c1-39(2,3)52-38(48)44-22-20-27(21-23-44)35(46)42-32(25-53(49,50)24-28-14-8-9-15-29(28)40-4)36(47)41-31(19-18-26-12-6-5-7-13-26)34(45)37-43-30-16-10-11-17-33(30)51-37/h5-17,27,31-32H,18-25H2,1-3H3,(H,41,47)(H,42,46)/t31-,32-/m0/s1. The van der Waals surface area contributed by atoms with Gasteiger partial charge < -0.3 is 24.7 Å². The Hall–Kier alpha value is -5.55. The van der Waals surface area contributed by atoms with Crippen molar-refractivity contribution in [3.63, 3.8) is 0 Å². The first-order valence-electron chi connectivity index (χ1n) is 17.4. The van der Waals surface area contributed by atoms with Crippen molar-refractivity contribution in [3.05, 3.63) is 107 Å². The largest absolute Gasteiger partial charge is 0.444 e. The number of carbonyl (C=O) groups is 4. The van der Waals surface area contributed by atoms with Crippen molar-refractivity contribution < 1.29 is 36.7 Å². The lowest BCUT2D eigenvalue weighted by Gasteiger charge is -2.33. The number of ether oxygens (including phenoxy) is 1. The summed E-state index contributed by atoms with van der Waals surface area (Å²) in [7, 11) is -4.11. The molecular formula is C39H43N5O8S. The van der Waals surface area contributed by atoms with Crippen LogP contribution in [0.5, 0.6) is 0 Å². The van der Waals surface area contributed by atoms with E-state index in [-0.39, 0.29) is 49.5 Å². The lowest BCUT2D eigenvalue weighted by Crippen LogP contribution is -2.56. The van der Waals surface area contributed by atoms with E-state index in [0.717, 1.165) is 5.56 Å². The van der Waals surface area contributed by atoms with Crippen LogP contribution in [0.4, 0.5) is 10.5 Å². The molecule has 2 N–H and O–H groups in total. The number of oxazole rings is 1. The third kappa shape index (κ3) is 10.7. The average Bonchev–Trinajstić information content (AvgIpc) is 3.57. The number of likely N-dealkylation sites (tertiary alicyclic amines) is 1. The van der Waals surface area contributed by atoms with E-state index in [1.807, 2.05) is 30.3 Å². The molecule has 13 nitrogen and oxygen atoms in total. The second-order valence-electron chi connectivity index (χ2n) is 14.0. The Morgan fingerprint density at radius 2 is 1.60 bits per heavy atom. The van der Waals surface area contributed by atoms with Crippen LogP contribution < -0.4 is 10.6 Å². The van der Waals surface area contributed by atoms with Crippen LogP contribution in [0.2, 0.25) is 0 Å². The van der Waals surface area contributed by atoms with Crippen LogP contribution in [0.3, 0.4) is 0 Å². The lowest BCUT2D eigenvalue weighted by atomic mass is 9.95. The summed E-state index contributed by atoms with van der Waals surface area (Å²) in [6.45, 7) is 13.2. The molecule has 2 atom stereocenters. The number of Topliss-reactive ketones (excluding diaryl/α,β-unsaturated/α-hetero) is 1. The first-order valence-corrected chi connectivity index (χ1v) is 19.2. The van der Waals surface area contributed by atoms with Gasteiger partial charge in [0.05, 0.1) is 24.1 Å². The topological polar surface area (TPSA) is 169 Å². The van der Waals surface area contributed by atoms with E-state index < -0.39 is 68.6 Å². The third-order valence-electron chi connectivity index (χ3n) is 8.76. The Morgan fingerprint density at radius 1 is 0.943 bits per heavy atom. The number of hydrogen-bond donors (Lipinski definition) is 2. The number of ketones is 1. The van der Waals surface area contributed by atoms with E-state index >= 15 is 0 Å². The second-order valence-corrected chi connectivity index (χ2v) is 16.1. The molecule has 3 amide bonds. The molecule has 0 aliphatic carbocycles. The van der Waals surface area contributed by atoms with Gasteiger partial charge in [0.2, 0.25) is 17.6 Å². The predicted octanol–water partition coefficient (Wildman–Crippen LogP) is 5.43. The van der Waals surface area contributed by atoms with Gasteiger partial charge in [-0.1, -0.05) is 66.7 Å². The van der Waals surface area contributed by atoms with Crippen molar-refractivity contribution in [2.24, 2.45) is 5.92 Å². The summed E-state index contributed by atoms with van der Waals surface area (Å²) in [6.07, 6.45) is 0.546. The van der Waals surface area contributed by atoms with Crippen LogP contribution >= 0.6 is 0 Å². The van der Waals surface area contributed by atoms with Gasteiger partial charge in [0, 0.05) is 19.0 Å². The molecule has 0 spiro atoms. The highest BCUT2D eigenvalue weighted by Crippen LogP contribution is 2.23. The maximum absolute atomic E-state index is 14.1. The number of amides is 3. The number of aromatic nitrogens is 1. The number of aryl methyl sites for hydroxylation is 1. The van der Waals surface area contributed by atoms with E-state index in [1.54, 1.807) is 57.2 Å². The van der Waals surface area contributed by atoms with Gasteiger partial charge in [-0.15, -0.1) is 0 Å². The van der Waals surface area contributed by atoms with E-state index in [9.17, 15) is 27.6 Å². The van der Waals surface area contributed by atoms with Crippen molar-refractivity contribution in [3.8, 4) is 0 Å². The van der Waals surface area contributed by atoms with Crippen LogP contribution in [0, 0.1) is 12.5 Å². The number of piperidine rings is 1. The molecule has 3 aromatic carbocycles. The van der Waals surface area contributed by atoms with Gasteiger partial charge in [0.25, 0.3) is 5.89 Å². The smallest absolute Gasteiger partial charge is 0.410 e. The quantitative estimate of drug-likeness (QED) is 0.134. The first kappa shape index (κ1) is 38.7. The lowest BCUT2D eigenvalue weighted by molar-refractivity contribution is -0.131. The van der Waals surface area contributed by atoms with E-state index in [2.05, 4.69) is 20.5 Å². The second kappa shape index (κ2) is 16.9. The minimum absolute atomic E-state index is 0.127. The molecular weight excluding hydrogens is 699 g/mol. The Balaban J connectivity index is 1.37. The number of nitrogens with zero attached hydrogens (tertiary/aromatic N) is 3. The fraction of sp³-hybridized carbons (Fsp3) is 0.385. The van der Waals surface area contributed by atoms with Gasteiger partial charge in [0.1, 0.15) is 17.2 Å². The molecule has 1 aliphatic rings. The van der Waals surface area contributed by atoms with Gasteiger partial charge in [-0.25, -0.2) is 23.0 Å². The average molecular weight is 742 g/mol. The Kier molecular flexibility index (Phi) is 12.3. The molecule has 2 heterocycles. The highest BCUT2D eigenvalue weighted by Gasteiger charge is 2.36. The predicted molar refractivity (Wildman–Crippen MR) is 198 cm³/mol. The number of nitrogens with one attached hydrogen (secondary N) is 2. The van der Waals surface area contributed by atoms with Crippen LogP contribution in [0.1, 0.15) is 61.8 Å². The molecule has 0 saturated carbocycles. The molecule has 1 aliphatic heterocycles. The fourth-order valence-corrected chi connectivity index (χ4v) is 7.62. The molecule has 53 heavy (non-hydrogen) atoms. The summed E-state index contributed by atoms with van der Waals surface area (Å²) in [4.78, 5) is 63.5. The maximum Gasteiger partial charge on any atom is 0.410 e. The van der Waals surface area contributed by atoms with Gasteiger partial charge in [-0.2, -0.15) is 0 Å². The summed E-state index contributed by atoms with van der Waals surface area (Å²) < 4.78 is 38.5. The zero-order valence-corrected chi connectivity index (χ0v) is 30.7. The Morgan fingerprint density at radius 3 is 2.28 bits per heavy atom. The van der Waals surface area contributed by atoms with E-state index in [1.165, 1.54) is 17.0 Å². The van der Waals surface area contributed by atoms with Gasteiger partial charge >= 0.3 is 6.09 Å². The maximum atomic E-state index is 14.1. The number of fused-ring (bicyclic) bond motifs is 1. The normalized spacial score (nSPS) is 14.9. The van der Waals surface area contributed by atoms with Gasteiger partial charge in [-0.3, -0.25) is 14.4 Å². The summed E-state index contributed by atoms with van der Waals surface area (Å²) in [5.41, 5.74) is 1.47. The first-order chi connectivity index (χ1) is 25.2. The van der Waals surface area contributed by atoms with Crippen LogP contribution in [0.25, 0.3) is 15.9 Å². The zero-order chi connectivity index (χ0) is 38.2. The van der Waals surface area contributed by atoms with Crippen LogP contribution in [-0.2, 0) is 36.3 Å². The van der Waals surface area contributed by atoms with Crippen molar-refractivity contribution in [1.82, 2.24) is 20.5 Å². The number of benzene rings is 3. The van der Waals surface area contributed by atoms with E-state index in [0.29, 0.717) is 17.5 Å². The summed E-state index contributed by atoms with van der Waals surface area (Å²) in [6, 6.07) is 19.7. The van der Waals surface area contributed by atoms with Crippen LogP contribution in [0.15, 0.2) is 83.3 Å². The molecule has 1 aromatic heterocycles. The van der Waals surface area contributed by atoms with Gasteiger partial charge in [0.15, 0.2) is 21.1 Å². The molecule has 0 radical (unpaired) electrons. The molecule has 4 aromatic rings. The van der Waals surface area contributed by atoms with Crippen molar-refractivity contribution in [2.45, 2.75) is 69.9 Å². The molecule has 0 unspecified atom stereocenters. The van der Waals surface area contributed by atoms with Crippen LogP contribution in [-0.4, -0.2) is 78.5 Å². The molecule has 5 rings (SSSR count). The Bertz CT molecular complexity index is 2060. The minimum Gasteiger partial charge on any atom is -0.444 e. The highest BCUT2D eigenvalue weighted by atomic mass is 32.2. The number of sulfone groups is 1. The van der Waals surface area contributed by atoms with E-state index in [4.69, 9.17) is 15.7 Å². The number of para-hydroxylation sites is 3. The molecule has 0 bridgehead atoms. The summed E-state index contributed by atoms with van der Waals surface area (Å²) >= 11 is 0. The van der Waals surface area contributed by atoms with Crippen molar-refractivity contribution in [1.29, 1.82) is 0 Å². The molecule has 1 fully saturated rings. The number of rotatable bonds is 13. The zero-order valence-electron chi connectivity index (χ0n) is 29.9. The molecule has 1 saturated heterocycles. The minimum atomic E-state index is -4.11. The highest BCUT2D eigenvalue weighted by molar-refractivity contribution is 7.90. The fourth-order valence-electron chi connectivity index (χ4n) is 6.04. The summed E-state index contributed by atoms with van der Waals surface area (Å²) in [5.74, 6) is -4.23. The SMILES string of the molecule is [C-]#[N+]c1ccccc1CS(=O)(=O)C[C@H](NC(=O)C1CCN(C(=O)OC(C)(C)C)CC1)C(=O)N[C@@H](CCc1ccccc1)C(=O)c1nc2ccccc2o1. The van der Waals surface area contributed by atoms with Gasteiger partial charge in [-0.05, 0) is 69.7 Å². The number of hydrogen-bond acceptors (Lipinski definition) is 9.